The summed E-state index contributed by atoms with van der Waals surface area (Å²) in [5, 5.41) is 2.64. The van der Waals surface area contributed by atoms with Crippen molar-refractivity contribution in [3.63, 3.8) is 0 Å². The molecule has 1 aromatic heterocycles. The van der Waals surface area contributed by atoms with E-state index in [-0.39, 0.29) is 0 Å². The number of fused-ring (bicyclic) bond motifs is 3. The van der Waals surface area contributed by atoms with Crippen LogP contribution < -0.4 is 0 Å². The predicted molar refractivity (Wildman–Crippen MR) is 78.9 cm³/mol. The maximum absolute atomic E-state index is 3.54. The van der Waals surface area contributed by atoms with Crippen molar-refractivity contribution in [2.75, 3.05) is 0 Å². The Kier molecular flexibility index (Phi) is 2.67. The van der Waals surface area contributed by atoms with E-state index in [0.717, 1.165) is 6.42 Å². The van der Waals surface area contributed by atoms with Gasteiger partial charge in [-0.1, -0.05) is 48.0 Å². The largest absolute Gasteiger partial charge is 0.354 e. The van der Waals surface area contributed by atoms with Crippen LogP contribution in [0.25, 0.3) is 21.8 Å². The number of nitrogens with one attached hydrogen (secondary N) is 1. The zero-order valence-electron chi connectivity index (χ0n) is 10.8. The zero-order valence-corrected chi connectivity index (χ0v) is 10.8. The van der Waals surface area contributed by atoms with Gasteiger partial charge in [0.15, 0.2) is 0 Å². The van der Waals surface area contributed by atoms with Gasteiger partial charge in [-0.25, -0.2) is 0 Å². The lowest BCUT2D eigenvalue weighted by molar-refractivity contribution is 1.22. The van der Waals surface area contributed by atoms with Gasteiger partial charge in [-0.2, -0.15) is 0 Å². The second-order valence-corrected chi connectivity index (χ2v) is 5.00. The standard InChI is InChI=1S/C17H17N/c1-12(2)10-11-13-6-5-8-15-14-7-3-4-9-16(14)18-17(13)15/h3-10,18H,11H2,1-2H3. The van der Waals surface area contributed by atoms with Crippen LogP contribution in [-0.2, 0) is 6.42 Å². The molecule has 1 N–H and O–H groups in total. The first-order valence-corrected chi connectivity index (χ1v) is 6.37. The monoisotopic (exact) mass is 235 g/mol. The number of aromatic amines is 1. The van der Waals surface area contributed by atoms with Crippen LogP contribution in [0.1, 0.15) is 19.4 Å². The number of hydrogen-bond acceptors (Lipinski definition) is 0. The summed E-state index contributed by atoms with van der Waals surface area (Å²) in [4.78, 5) is 3.54. The van der Waals surface area contributed by atoms with Crippen molar-refractivity contribution in [2.24, 2.45) is 0 Å². The molecular formula is C17H17N. The number of allylic oxidation sites excluding steroid dienone is 2. The summed E-state index contributed by atoms with van der Waals surface area (Å²) < 4.78 is 0. The van der Waals surface area contributed by atoms with Gasteiger partial charge in [0.1, 0.15) is 0 Å². The maximum atomic E-state index is 3.54. The maximum Gasteiger partial charge on any atom is 0.0500 e. The van der Waals surface area contributed by atoms with Gasteiger partial charge < -0.3 is 4.98 Å². The van der Waals surface area contributed by atoms with Crippen LogP contribution >= 0.6 is 0 Å². The molecule has 0 aliphatic rings. The van der Waals surface area contributed by atoms with E-state index >= 15 is 0 Å². The van der Waals surface area contributed by atoms with E-state index in [1.165, 1.54) is 32.9 Å². The first kappa shape index (κ1) is 11.1. The smallest absolute Gasteiger partial charge is 0.0500 e. The van der Waals surface area contributed by atoms with E-state index in [1.54, 1.807) is 0 Å². The minimum Gasteiger partial charge on any atom is -0.354 e. The summed E-state index contributed by atoms with van der Waals surface area (Å²) in [6, 6.07) is 15.0. The molecule has 1 heterocycles. The molecule has 18 heavy (non-hydrogen) atoms. The van der Waals surface area contributed by atoms with Crippen molar-refractivity contribution in [1.82, 2.24) is 4.98 Å². The molecule has 0 radical (unpaired) electrons. The summed E-state index contributed by atoms with van der Waals surface area (Å²) in [6.07, 6.45) is 3.27. The Bertz CT molecular complexity index is 728. The molecule has 3 aromatic rings. The van der Waals surface area contributed by atoms with Gasteiger partial charge in [0.2, 0.25) is 0 Å². The molecule has 0 saturated carbocycles. The molecule has 3 rings (SSSR count). The van der Waals surface area contributed by atoms with Gasteiger partial charge in [0, 0.05) is 16.3 Å². The fourth-order valence-electron chi connectivity index (χ4n) is 2.42. The Balaban J connectivity index is 2.24. The molecule has 0 aliphatic carbocycles. The fraction of sp³-hybridized carbons (Fsp3) is 0.176. The minimum absolute atomic E-state index is 0.993. The van der Waals surface area contributed by atoms with Crippen LogP contribution in [0.3, 0.4) is 0 Å². The molecule has 0 amide bonds. The molecule has 1 nitrogen and oxygen atoms in total. The average Bonchev–Trinajstić information content (AvgIpc) is 2.75. The van der Waals surface area contributed by atoms with Crippen molar-refractivity contribution in [1.29, 1.82) is 0 Å². The van der Waals surface area contributed by atoms with E-state index in [4.69, 9.17) is 0 Å². The summed E-state index contributed by atoms with van der Waals surface area (Å²) in [5.74, 6) is 0. The fourth-order valence-corrected chi connectivity index (χ4v) is 2.42. The quantitative estimate of drug-likeness (QED) is 0.612. The van der Waals surface area contributed by atoms with Crippen molar-refractivity contribution >= 4 is 21.8 Å². The third kappa shape index (κ3) is 1.82. The first-order chi connectivity index (χ1) is 8.75. The predicted octanol–water partition coefficient (Wildman–Crippen LogP) is 4.83. The second kappa shape index (κ2) is 4.34. The second-order valence-electron chi connectivity index (χ2n) is 5.00. The molecule has 0 aliphatic heterocycles. The van der Waals surface area contributed by atoms with Gasteiger partial charge in [-0.05, 0) is 31.9 Å². The highest BCUT2D eigenvalue weighted by molar-refractivity contribution is 6.08. The lowest BCUT2D eigenvalue weighted by Gasteiger charge is -2.00. The number of para-hydroxylation sites is 2. The van der Waals surface area contributed by atoms with Gasteiger partial charge in [-0.3, -0.25) is 0 Å². The third-order valence-electron chi connectivity index (χ3n) is 3.36. The summed E-state index contributed by atoms with van der Waals surface area (Å²) in [6.45, 7) is 4.29. The molecule has 2 aromatic carbocycles. The molecular weight excluding hydrogens is 218 g/mol. The Labute approximate surface area is 107 Å². The van der Waals surface area contributed by atoms with E-state index in [2.05, 4.69) is 67.4 Å². The molecule has 0 fully saturated rings. The van der Waals surface area contributed by atoms with Crippen molar-refractivity contribution in [3.05, 3.63) is 59.7 Å². The normalized spacial score (nSPS) is 11.0. The number of rotatable bonds is 2. The van der Waals surface area contributed by atoms with Crippen molar-refractivity contribution in [3.8, 4) is 0 Å². The summed E-state index contributed by atoms with van der Waals surface area (Å²) in [5.41, 5.74) is 5.22. The van der Waals surface area contributed by atoms with Gasteiger partial charge in [-0.15, -0.1) is 0 Å². The highest BCUT2D eigenvalue weighted by Crippen LogP contribution is 2.27. The van der Waals surface area contributed by atoms with E-state index in [0.29, 0.717) is 0 Å². The van der Waals surface area contributed by atoms with Gasteiger partial charge >= 0.3 is 0 Å². The van der Waals surface area contributed by atoms with Crippen molar-refractivity contribution in [2.45, 2.75) is 20.3 Å². The first-order valence-electron chi connectivity index (χ1n) is 6.37. The number of benzene rings is 2. The summed E-state index contributed by atoms with van der Waals surface area (Å²) in [7, 11) is 0. The van der Waals surface area contributed by atoms with Crippen LogP contribution in [-0.4, -0.2) is 4.98 Å². The van der Waals surface area contributed by atoms with Crippen molar-refractivity contribution < 1.29 is 0 Å². The lowest BCUT2D eigenvalue weighted by atomic mass is 10.1. The SMILES string of the molecule is CC(C)=CCc1cccc2c1[nH]c1ccccc12. The van der Waals surface area contributed by atoms with Crippen LogP contribution in [0.2, 0.25) is 0 Å². The topological polar surface area (TPSA) is 15.8 Å². The summed E-state index contributed by atoms with van der Waals surface area (Å²) >= 11 is 0. The van der Waals surface area contributed by atoms with E-state index in [9.17, 15) is 0 Å². The minimum atomic E-state index is 0.993. The Morgan fingerprint density at radius 2 is 1.78 bits per heavy atom. The number of aromatic nitrogens is 1. The Hall–Kier alpha value is -2.02. The van der Waals surface area contributed by atoms with Crippen LogP contribution in [0.4, 0.5) is 0 Å². The molecule has 0 unspecified atom stereocenters. The highest BCUT2D eigenvalue weighted by Gasteiger charge is 2.06. The van der Waals surface area contributed by atoms with Crippen LogP contribution in [0.5, 0.6) is 0 Å². The van der Waals surface area contributed by atoms with Gasteiger partial charge in [0.05, 0.1) is 5.52 Å². The molecule has 0 bridgehead atoms. The lowest BCUT2D eigenvalue weighted by Crippen LogP contribution is -1.84. The highest BCUT2D eigenvalue weighted by atomic mass is 14.7. The molecule has 0 atom stereocenters. The van der Waals surface area contributed by atoms with E-state index < -0.39 is 0 Å². The third-order valence-corrected chi connectivity index (χ3v) is 3.36. The van der Waals surface area contributed by atoms with Crippen LogP contribution in [0, 0.1) is 0 Å². The number of H-pyrrole nitrogens is 1. The Morgan fingerprint density at radius 3 is 2.61 bits per heavy atom. The number of hydrogen-bond donors (Lipinski definition) is 1. The average molecular weight is 235 g/mol. The molecule has 0 saturated heterocycles. The van der Waals surface area contributed by atoms with Crippen LogP contribution in [0.15, 0.2) is 54.1 Å². The Morgan fingerprint density at radius 1 is 1.00 bits per heavy atom. The zero-order chi connectivity index (χ0) is 12.5. The molecule has 1 heteroatoms. The molecule has 0 spiro atoms. The van der Waals surface area contributed by atoms with Gasteiger partial charge in [0.25, 0.3) is 0 Å². The molecule has 90 valence electrons. The van der Waals surface area contributed by atoms with E-state index in [1.807, 2.05) is 0 Å².